The number of thioether (sulfide) groups is 1. The fourth-order valence-corrected chi connectivity index (χ4v) is 5.13. The maximum atomic E-state index is 12.7. The molecule has 0 aromatic heterocycles. The Labute approximate surface area is 187 Å². The van der Waals surface area contributed by atoms with Crippen molar-refractivity contribution in [1.29, 1.82) is 0 Å². The molecule has 1 heterocycles. The van der Waals surface area contributed by atoms with E-state index in [4.69, 9.17) is 0 Å². The summed E-state index contributed by atoms with van der Waals surface area (Å²) >= 11 is 1.64. The van der Waals surface area contributed by atoms with Gasteiger partial charge in [0.1, 0.15) is 5.37 Å². The molecule has 158 valence electrons. The highest BCUT2D eigenvalue weighted by Gasteiger charge is 2.32. The number of anilines is 1. The summed E-state index contributed by atoms with van der Waals surface area (Å²) in [7, 11) is 0. The monoisotopic (exact) mass is 430 g/mol. The standard InChI is InChI=1S/C26H26N2O2S/c1-18-14-19(2)16-23(15-18)27-25(30)21-8-10-22(11-9-21)26-28(24(29)17-31-26)13-12-20-6-4-3-5-7-20/h3-11,14-16,26H,12-13,17H2,1-2H3,(H,27,30)/t26-/m1/s1. The molecule has 31 heavy (non-hydrogen) atoms. The predicted octanol–water partition coefficient (Wildman–Crippen LogP) is 5.37. The van der Waals surface area contributed by atoms with Crippen molar-refractivity contribution in [2.24, 2.45) is 0 Å². The van der Waals surface area contributed by atoms with Crippen molar-refractivity contribution in [3.05, 3.63) is 101 Å². The van der Waals surface area contributed by atoms with E-state index < -0.39 is 0 Å². The summed E-state index contributed by atoms with van der Waals surface area (Å²) in [4.78, 5) is 27.1. The van der Waals surface area contributed by atoms with Gasteiger partial charge in [0.2, 0.25) is 5.91 Å². The van der Waals surface area contributed by atoms with Crippen molar-refractivity contribution in [3.63, 3.8) is 0 Å². The first-order valence-corrected chi connectivity index (χ1v) is 11.5. The lowest BCUT2D eigenvalue weighted by molar-refractivity contribution is -0.128. The van der Waals surface area contributed by atoms with E-state index in [0.717, 1.165) is 28.8 Å². The molecular weight excluding hydrogens is 404 g/mol. The zero-order valence-electron chi connectivity index (χ0n) is 17.8. The number of carbonyl (C=O) groups excluding carboxylic acids is 2. The minimum absolute atomic E-state index is 0.00672. The van der Waals surface area contributed by atoms with Crippen molar-refractivity contribution in [3.8, 4) is 0 Å². The maximum absolute atomic E-state index is 12.7. The Morgan fingerprint density at radius 1 is 1.00 bits per heavy atom. The number of hydrogen-bond donors (Lipinski definition) is 1. The Bertz CT molecular complexity index is 1060. The average molecular weight is 431 g/mol. The summed E-state index contributed by atoms with van der Waals surface area (Å²) in [5.74, 6) is 0.532. The first-order chi connectivity index (χ1) is 15.0. The van der Waals surface area contributed by atoms with E-state index >= 15 is 0 Å². The van der Waals surface area contributed by atoms with Crippen LogP contribution in [0.25, 0.3) is 0 Å². The van der Waals surface area contributed by atoms with Gasteiger partial charge in [-0.25, -0.2) is 0 Å². The van der Waals surface area contributed by atoms with Crippen LogP contribution in [0.3, 0.4) is 0 Å². The molecule has 0 radical (unpaired) electrons. The van der Waals surface area contributed by atoms with Crippen LogP contribution < -0.4 is 5.32 Å². The molecule has 1 saturated heterocycles. The first-order valence-electron chi connectivity index (χ1n) is 10.4. The van der Waals surface area contributed by atoms with E-state index in [2.05, 4.69) is 23.5 Å². The topological polar surface area (TPSA) is 49.4 Å². The molecule has 5 heteroatoms. The highest BCUT2D eigenvalue weighted by Crippen LogP contribution is 2.38. The Balaban J connectivity index is 1.43. The molecule has 4 rings (SSSR count). The van der Waals surface area contributed by atoms with Gasteiger partial charge in [-0.05, 0) is 66.8 Å². The molecule has 2 amide bonds. The van der Waals surface area contributed by atoms with Gasteiger partial charge < -0.3 is 10.2 Å². The molecule has 0 bridgehead atoms. The third-order valence-corrected chi connectivity index (χ3v) is 6.65. The number of carbonyl (C=O) groups is 2. The van der Waals surface area contributed by atoms with Crippen molar-refractivity contribution in [2.75, 3.05) is 17.6 Å². The number of nitrogens with one attached hydrogen (secondary N) is 1. The molecule has 1 N–H and O–H groups in total. The molecule has 0 aliphatic carbocycles. The lowest BCUT2D eigenvalue weighted by Gasteiger charge is -2.24. The van der Waals surface area contributed by atoms with Crippen LogP contribution in [0.15, 0.2) is 72.8 Å². The summed E-state index contributed by atoms with van der Waals surface area (Å²) in [5, 5.41) is 2.97. The van der Waals surface area contributed by atoms with Crippen molar-refractivity contribution >= 4 is 29.3 Å². The van der Waals surface area contributed by atoms with E-state index in [1.165, 1.54) is 5.56 Å². The van der Waals surface area contributed by atoms with Crippen LogP contribution in [0.2, 0.25) is 0 Å². The summed E-state index contributed by atoms with van der Waals surface area (Å²) < 4.78 is 0. The van der Waals surface area contributed by atoms with Gasteiger partial charge in [-0.15, -0.1) is 11.8 Å². The third kappa shape index (κ3) is 5.17. The summed E-state index contributed by atoms with van der Waals surface area (Å²) in [6, 6.07) is 23.8. The molecule has 0 saturated carbocycles. The van der Waals surface area contributed by atoms with Crippen LogP contribution in [-0.2, 0) is 11.2 Å². The van der Waals surface area contributed by atoms with Crippen molar-refractivity contribution in [1.82, 2.24) is 4.90 Å². The lowest BCUT2D eigenvalue weighted by atomic mass is 10.1. The average Bonchev–Trinajstić information content (AvgIpc) is 3.12. The number of amides is 2. The first kappa shape index (κ1) is 21.2. The highest BCUT2D eigenvalue weighted by molar-refractivity contribution is 8.00. The van der Waals surface area contributed by atoms with E-state index in [1.54, 1.807) is 11.8 Å². The fraction of sp³-hybridized carbons (Fsp3) is 0.231. The molecule has 3 aromatic rings. The summed E-state index contributed by atoms with van der Waals surface area (Å²) in [6.07, 6.45) is 0.833. The lowest BCUT2D eigenvalue weighted by Crippen LogP contribution is -2.30. The van der Waals surface area contributed by atoms with Gasteiger partial charge >= 0.3 is 0 Å². The third-order valence-electron chi connectivity index (χ3n) is 5.39. The molecular formula is C26H26N2O2S. The second-order valence-electron chi connectivity index (χ2n) is 7.94. The molecule has 3 aromatic carbocycles. The number of hydrogen-bond acceptors (Lipinski definition) is 3. The zero-order valence-corrected chi connectivity index (χ0v) is 18.6. The SMILES string of the molecule is Cc1cc(C)cc(NC(=O)c2ccc([C@H]3SCC(=O)N3CCc3ccccc3)cc2)c1. The van der Waals surface area contributed by atoms with Gasteiger partial charge in [-0.2, -0.15) is 0 Å². The van der Waals surface area contributed by atoms with Gasteiger partial charge in [-0.1, -0.05) is 48.5 Å². The van der Waals surface area contributed by atoms with Crippen molar-refractivity contribution in [2.45, 2.75) is 25.6 Å². The van der Waals surface area contributed by atoms with E-state index in [9.17, 15) is 9.59 Å². The Kier molecular flexibility index (Phi) is 6.42. The molecule has 0 spiro atoms. The maximum Gasteiger partial charge on any atom is 0.255 e. The number of nitrogens with zero attached hydrogens (tertiary/aromatic N) is 1. The number of benzene rings is 3. The molecule has 4 nitrogen and oxygen atoms in total. The second kappa shape index (κ2) is 9.40. The minimum Gasteiger partial charge on any atom is -0.326 e. The number of rotatable bonds is 6. The number of aryl methyl sites for hydroxylation is 2. The zero-order chi connectivity index (χ0) is 21.8. The summed E-state index contributed by atoms with van der Waals surface area (Å²) in [6.45, 7) is 4.72. The van der Waals surface area contributed by atoms with E-state index in [1.807, 2.05) is 73.3 Å². The van der Waals surface area contributed by atoms with Crippen LogP contribution in [0.5, 0.6) is 0 Å². The second-order valence-corrected chi connectivity index (χ2v) is 9.01. The van der Waals surface area contributed by atoms with Gasteiger partial charge in [0.25, 0.3) is 5.91 Å². The van der Waals surface area contributed by atoms with E-state index in [-0.39, 0.29) is 17.2 Å². The van der Waals surface area contributed by atoms with Crippen LogP contribution in [0.4, 0.5) is 5.69 Å². The smallest absolute Gasteiger partial charge is 0.255 e. The van der Waals surface area contributed by atoms with Crippen LogP contribution in [0.1, 0.15) is 38.0 Å². The normalized spacial score (nSPS) is 15.9. The Morgan fingerprint density at radius 3 is 2.35 bits per heavy atom. The van der Waals surface area contributed by atoms with E-state index in [0.29, 0.717) is 17.9 Å². The highest BCUT2D eigenvalue weighted by atomic mass is 32.2. The van der Waals surface area contributed by atoms with Gasteiger partial charge in [-0.3, -0.25) is 9.59 Å². The van der Waals surface area contributed by atoms with Gasteiger partial charge in [0.15, 0.2) is 0 Å². The summed E-state index contributed by atoms with van der Waals surface area (Å²) in [5.41, 5.74) is 5.91. The molecule has 1 atom stereocenters. The predicted molar refractivity (Wildman–Crippen MR) is 127 cm³/mol. The quantitative estimate of drug-likeness (QED) is 0.572. The fourth-order valence-electron chi connectivity index (χ4n) is 3.92. The minimum atomic E-state index is -0.132. The molecule has 0 unspecified atom stereocenters. The largest absolute Gasteiger partial charge is 0.326 e. The Morgan fingerprint density at radius 2 is 1.68 bits per heavy atom. The van der Waals surface area contributed by atoms with Crippen LogP contribution in [0, 0.1) is 13.8 Å². The van der Waals surface area contributed by atoms with Crippen LogP contribution >= 0.6 is 11.8 Å². The molecule has 1 aliphatic rings. The Hall–Kier alpha value is -3.05. The van der Waals surface area contributed by atoms with Gasteiger partial charge in [0, 0.05) is 17.8 Å². The molecule has 1 aliphatic heterocycles. The van der Waals surface area contributed by atoms with Crippen LogP contribution in [-0.4, -0.2) is 29.0 Å². The van der Waals surface area contributed by atoms with Gasteiger partial charge in [0.05, 0.1) is 5.75 Å². The van der Waals surface area contributed by atoms with Crippen molar-refractivity contribution < 1.29 is 9.59 Å². The molecule has 1 fully saturated rings.